The van der Waals surface area contributed by atoms with E-state index in [2.05, 4.69) is 5.32 Å². The summed E-state index contributed by atoms with van der Waals surface area (Å²) in [6, 6.07) is 4.14. The van der Waals surface area contributed by atoms with E-state index in [9.17, 15) is 23.1 Å². The minimum absolute atomic E-state index is 0. The topological polar surface area (TPSA) is 93.8 Å². The molecule has 3 atom stereocenters. The predicted octanol–water partition coefficient (Wildman–Crippen LogP) is 1.49. The summed E-state index contributed by atoms with van der Waals surface area (Å²) in [6.45, 7) is 0.141. The van der Waals surface area contributed by atoms with Gasteiger partial charge in [-0.1, -0.05) is 0 Å². The first kappa shape index (κ1) is 22.5. The van der Waals surface area contributed by atoms with E-state index in [1.165, 1.54) is 12.1 Å². The molecule has 6 nitrogen and oxygen atoms in total. The highest BCUT2D eigenvalue weighted by Crippen LogP contribution is 2.30. The molecule has 1 aliphatic rings. The fourth-order valence-corrected chi connectivity index (χ4v) is 2.40. The number of aliphatic hydroxyl groups is 1. The number of carbonyl (C=O) groups is 1. The van der Waals surface area contributed by atoms with Gasteiger partial charge in [-0.15, -0.1) is 12.4 Å². The van der Waals surface area contributed by atoms with Gasteiger partial charge in [0, 0.05) is 13.1 Å². The maximum Gasteiger partial charge on any atom is 0.416 e. The van der Waals surface area contributed by atoms with Crippen LogP contribution in [0.5, 0.6) is 5.75 Å². The zero-order valence-electron chi connectivity index (χ0n) is 13.9. The summed E-state index contributed by atoms with van der Waals surface area (Å²) >= 11 is 0. The van der Waals surface area contributed by atoms with Gasteiger partial charge in [0.15, 0.2) is 0 Å². The average molecular weight is 399 g/mol. The Bertz CT molecular complexity index is 572. The van der Waals surface area contributed by atoms with Crippen molar-refractivity contribution in [1.29, 1.82) is 0 Å². The summed E-state index contributed by atoms with van der Waals surface area (Å²) in [4.78, 5) is 11.9. The number of hydrogen-bond acceptors (Lipinski definition) is 5. The number of halogens is 4. The second kappa shape index (κ2) is 9.96. The molecule has 1 aromatic carbocycles. The number of amides is 1. The first-order chi connectivity index (χ1) is 11.8. The third kappa shape index (κ3) is 6.64. The molecule has 1 saturated heterocycles. The molecule has 0 aliphatic carbocycles. The molecule has 1 aliphatic heterocycles. The van der Waals surface area contributed by atoms with Crippen LogP contribution in [0.1, 0.15) is 18.4 Å². The summed E-state index contributed by atoms with van der Waals surface area (Å²) in [5, 5.41) is 12.4. The van der Waals surface area contributed by atoms with Crippen LogP contribution in [-0.4, -0.2) is 49.0 Å². The van der Waals surface area contributed by atoms with E-state index >= 15 is 0 Å². The Morgan fingerprint density at radius 2 is 2.00 bits per heavy atom. The Balaban J connectivity index is 0.00000338. The lowest BCUT2D eigenvalue weighted by Gasteiger charge is -2.16. The highest BCUT2D eigenvalue weighted by molar-refractivity contribution is 5.85. The van der Waals surface area contributed by atoms with Crippen molar-refractivity contribution < 1.29 is 32.5 Å². The van der Waals surface area contributed by atoms with Gasteiger partial charge in [-0.2, -0.15) is 13.2 Å². The molecule has 1 aromatic rings. The van der Waals surface area contributed by atoms with Crippen LogP contribution in [0.15, 0.2) is 24.3 Å². The number of carbonyl (C=O) groups excluding carboxylic acids is 1. The monoisotopic (exact) mass is 398 g/mol. The zero-order chi connectivity index (χ0) is 18.4. The van der Waals surface area contributed by atoms with Gasteiger partial charge in [0.25, 0.3) is 0 Å². The van der Waals surface area contributed by atoms with Crippen molar-refractivity contribution in [3.8, 4) is 5.75 Å². The molecule has 0 bridgehead atoms. The van der Waals surface area contributed by atoms with E-state index in [1.54, 1.807) is 0 Å². The van der Waals surface area contributed by atoms with E-state index in [-0.39, 0.29) is 43.3 Å². The van der Waals surface area contributed by atoms with Crippen LogP contribution in [0, 0.1) is 0 Å². The van der Waals surface area contributed by atoms with E-state index in [1.807, 2.05) is 0 Å². The van der Waals surface area contributed by atoms with Crippen LogP contribution in [0.2, 0.25) is 0 Å². The number of alkyl halides is 3. The standard InChI is InChI=1S/C16H21F3N2O4.ClH/c17-16(18,19)10-1-3-12(4-2-10)24-9-11(22)8-21-15(23)14-6-5-13(7-20)25-14;/h1-4,11,13-14,22H,5-9,20H2,(H,21,23);1H/t11?,13-,14+;/m1./s1. The summed E-state index contributed by atoms with van der Waals surface area (Å²) in [7, 11) is 0. The molecule has 1 heterocycles. The maximum absolute atomic E-state index is 12.4. The van der Waals surface area contributed by atoms with E-state index in [0.717, 1.165) is 12.1 Å². The number of benzene rings is 1. The van der Waals surface area contributed by atoms with Gasteiger partial charge in [-0.3, -0.25) is 4.79 Å². The van der Waals surface area contributed by atoms with Crippen molar-refractivity contribution in [1.82, 2.24) is 5.32 Å². The lowest BCUT2D eigenvalue weighted by molar-refractivity contribution is -0.137. The first-order valence-corrected chi connectivity index (χ1v) is 7.91. The normalized spacial score (nSPS) is 21.0. The molecule has 10 heteroatoms. The molecular formula is C16H22ClF3N2O4. The highest BCUT2D eigenvalue weighted by Gasteiger charge is 2.30. The summed E-state index contributed by atoms with van der Waals surface area (Å²) in [5.74, 6) is -0.132. The van der Waals surface area contributed by atoms with Crippen molar-refractivity contribution in [2.24, 2.45) is 5.73 Å². The number of hydrogen-bond donors (Lipinski definition) is 3. The van der Waals surface area contributed by atoms with Crippen molar-refractivity contribution >= 4 is 18.3 Å². The fraction of sp³-hybridized carbons (Fsp3) is 0.562. The number of ether oxygens (including phenoxy) is 2. The molecule has 0 spiro atoms. The fourth-order valence-electron chi connectivity index (χ4n) is 2.40. The van der Waals surface area contributed by atoms with Gasteiger partial charge in [-0.25, -0.2) is 0 Å². The van der Waals surface area contributed by atoms with Gasteiger partial charge >= 0.3 is 6.18 Å². The van der Waals surface area contributed by atoms with Crippen LogP contribution in [0.4, 0.5) is 13.2 Å². The van der Waals surface area contributed by atoms with Crippen LogP contribution >= 0.6 is 12.4 Å². The van der Waals surface area contributed by atoms with E-state index in [4.69, 9.17) is 15.2 Å². The molecule has 1 fully saturated rings. The number of nitrogens with one attached hydrogen (secondary N) is 1. The van der Waals surface area contributed by atoms with Crippen LogP contribution < -0.4 is 15.8 Å². The third-order valence-electron chi connectivity index (χ3n) is 3.80. The smallest absolute Gasteiger partial charge is 0.416 e. The van der Waals surface area contributed by atoms with Gasteiger partial charge < -0.3 is 25.6 Å². The van der Waals surface area contributed by atoms with Gasteiger partial charge in [0.1, 0.15) is 24.6 Å². The Hall–Kier alpha value is -1.55. The molecule has 1 unspecified atom stereocenters. The SMILES string of the molecule is Cl.NC[C@H]1CC[C@@H](C(=O)NCC(O)COc2ccc(C(F)(F)F)cc2)O1. The molecule has 1 amide bonds. The summed E-state index contributed by atoms with van der Waals surface area (Å²) in [6.07, 6.45) is -4.81. The lowest BCUT2D eigenvalue weighted by atomic mass is 10.2. The maximum atomic E-state index is 12.4. The van der Waals surface area contributed by atoms with Gasteiger partial charge in [0.2, 0.25) is 5.91 Å². The quantitative estimate of drug-likeness (QED) is 0.647. The van der Waals surface area contributed by atoms with Crippen molar-refractivity contribution in [2.75, 3.05) is 19.7 Å². The zero-order valence-corrected chi connectivity index (χ0v) is 14.7. The molecule has 2 rings (SSSR count). The Labute approximate surface area is 155 Å². The second-order valence-corrected chi connectivity index (χ2v) is 5.79. The number of rotatable bonds is 7. The van der Waals surface area contributed by atoms with Crippen molar-refractivity contribution in [3.63, 3.8) is 0 Å². The predicted molar refractivity (Wildman–Crippen MR) is 90.2 cm³/mol. The molecule has 0 saturated carbocycles. The van der Waals surface area contributed by atoms with Crippen LogP contribution in [0.3, 0.4) is 0 Å². The van der Waals surface area contributed by atoms with E-state index in [0.29, 0.717) is 19.4 Å². The number of nitrogens with two attached hydrogens (primary N) is 1. The molecule has 26 heavy (non-hydrogen) atoms. The van der Waals surface area contributed by atoms with Crippen molar-refractivity contribution in [2.45, 2.75) is 37.3 Å². The molecule has 4 N–H and O–H groups in total. The van der Waals surface area contributed by atoms with Crippen LogP contribution in [0.25, 0.3) is 0 Å². The minimum Gasteiger partial charge on any atom is -0.491 e. The second-order valence-electron chi connectivity index (χ2n) is 5.79. The molecule has 0 radical (unpaired) electrons. The van der Waals surface area contributed by atoms with Gasteiger partial charge in [-0.05, 0) is 37.1 Å². The van der Waals surface area contributed by atoms with Gasteiger partial charge in [0.05, 0.1) is 11.7 Å². The Morgan fingerprint density at radius 3 is 2.54 bits per heavy atom. The summed E-state index contributed by atoms with van der Waals surface area (Å²) < 4.78 is 48.0. The Kier molecular flexibility index (Phi) is 8.61. The first-order valence-electron chi connectivity index (χ1n) is 7.91. The summed E-state index contributed by atoms with van der Waals surface area (Å²) in [5.41, 5.74) is 4.69. The lowest BCUT2D eigenvalue weighted by Crippen LogP contribution is -2.41. The van der Waals surface area contributed by atoms with Crippen molar-refractivity contribution in [3.05, 3.63) is 29.8 Å². The Morgan fingerprint density at radius 1 is 1.35 bits per heavy atom. The minimum atomic E-state index is -4.41. The molecular weight excluding hydrogens is 377 g/mol. The third-order valence-corrected chi connectivity index (χ3v) is 3.80. The van der Waals surface area contributed by atoms with Crippen LogP contribution in [-0.2, 0) is 15.7 Å². The highest BCUT2D eigenvalue weighted by atomic mass is 35.5. The van der Waals surface area contributed by atoms with E-state index < -0.39 is 23.9 Å². The molecule has 148 valence electrons. The molecule has 0 aromatic heterocycles. The average Bonchev–Trinajstić information content (AvgIpc) is 3.06. The largest absolute Gasteiger partial charge is 0.491 e. The number of aliphatic hydroxyl groups excluding tert-OH is 1.